The predicted molar refractivity (Wildman–Crippen MR) is 396 cm³/mol. The van der Waals surface area contributed by atoms with Crippen LogP contribution in [0.5, 0.6) is 5.75 Å². The number of nitrogens with zero attached hydrogens (tertiary/aromatic N) is 9. The Bertz CT molecular complexity index is 4890. The first-order valence-corrected chi connectivity index (χ1v) is 34.6. The van der Waals surface area contributed by atoms with E-state index in [0.717, 1.165) is 0 Å². The molecule has 6 heterocycles. The van der Waals surface area contributed by atoms with Crippen molar-refractivity contribution in [2.75, 3.05) is 120 Å². The first kappa shape index (κ1) is 74.4. The standard InChI is InChI=1S/C25H26ClN3O5.C24H22Cl3N3O4.C24H23Cl2N3O4/c1-4-34-25(32)21-22(19-15-17(26)7-10-20(19)27(2)24(21)31)28-11-13-29(14-12-28)23(30)16-5-8-18(33-3)9-6-16;1-3-34-24(33)20-21(16-13-15(25)5-7-19(16)28(2)23(20)32)29-8-10-30(11-9-29)22(31)14-4-6-17(26)18(27)12-14;1-3-33-24(32)20-21(18-14-17(26)8-9-19(18)27(2)23(20)31)28-10-12-29(13-11-28)22(30)15-4-6-16(25)7-5-15/h5-10,15H,4,11-14H2,1-3H3;4-7,12-13H,3,8-11H2,1-2H3;4-9,14H,3,10-13H2,1-2H3. The van der Waals surface area contributed by atoms with Gasteiger partial charge in [0.1, 0.15) is 22.4 Å². The largest absolute Gasteiger partial charge is 0.497 e. The summed E-state index contributed by atoms with van der Waals surface area (Å²) in [7, 11) is 6.43. The van der Waals surface area contributed by atoms with Gasteiger partial charge in [-0.25, -0.2) is 14.4 Å². The van der Waals surface area contributed by atoms with Gasteiger partial charge in [0.15, 0.2) is 0 Å². The lowest BCUT2D eigenvalue weighted by Gasteiger charge is -2.37. The number of pyridine rings is 3. The molecular weight excluding hydrogens is 1420 g/mol. The molecule has 3 aliphatic heterocycles. The molecule has 3 amide bonds. The number of esters is 3. The average Bonchev–Trinajstić information content (AvgIpc) is 0.760. The number of fused-ring (bicyclic) bond motifs is 3. The van der Waals surface area contributed by atoms with Crippen molar-refractivity contribution in [3.05, 3.63) is 216 Å². The quantitative estimate of drug-likeness (QED) is 0.0772. The molecule has 3 saturated heterocycles. The summed E-state index contributed by atoms with van der Waals surface area (Å²) >= 11 is 36.8. The Labute approximate surface area is 611 Å². The average molecular weight is 1500 g/mol. The van der Waals surface area contributed by atoms with Crippen molar-refractivity contribution in [2.24, 2.45) is 21.1 Å². The number of hydrogen-bond acceptors (Lipinski definition) is 16. The van der Waals surface area contributed by atoms with Gasteiger partial charge in [-0.2, -0.15) is 0 Å². The highest BCUT2D eigenvalue weighted by atomic mass is 35.5. The number of aromatic nitrogens is 3. The molecule has 22 nitrogen and oxygen atoms in total. The molecule has 3 fully saturated rings. The van der Waals surface area contributed by atoms with Gasteiger partial charge in [0.25, 0.3) is 34.4 Å². The number of anilines is 3. The van der Waals surface area contributed by atoms with E-state index in [1.54, 1.807) is 185 Å². The highest BCUT2D eigenvalue weighted by Crippen LogP contribution is 2.37. The molecule has 0 radical (unpaired) electrons. The molecule has 9 aromatic rings. The Morgan fingerprint density at radius 1 is 0.356 bits per heavy atom. The molecule has 0 atom stereocenters. The van der Waals surface area contributed by atoms with Gasteiger partial charge in [-0.05, 0) is 142 Å². The van der Waals surface area contributed by atoms with Crippen molar-refractivity contribution in [2.45, 2.75) is 20.8 Å². The number of aryl methyl sites for hydroxylation is 3. The summed E-state index contributed by atoms with van der Waals surface area (Å²) in [6.45, 7) is 10.6. The van der Waals surface area contributed by atoms with Crippen molar-refractivity contribution < 1.29 is 47.7 Å². The lowest BCUT2D eigenvalue weighted by Crippen LogP contribution is -2.49. The van der Waals surface area contributed by atoms with E-state index in [1.807, 2.05) is 14.7 Å². The first-order chi connectivity index (χ1) is 48.4. The summed E-state index contributed by atoms with van der Waals surface area (Å²) in [6, 6.07) is 34.2. The van der Waals surface area contributed by atoms with Crippen molar-refractivity contribution in [3.63, 3.8) is 0 Å². The Balaban J connectivity index is 0.000000163. The smallest absolute Gasteiger partial charge is 0.345 e. The Morgan fingerprint density at radius 3 is 0.941 bits per heavy atom. The third-order valence-electron chi connectivity index (χ3n) is 17.7. The summed E-state index contributed by atoms with van der Waals surface area (Å²) in [4.78, 5) is 128. The van der Waals surface area contributed by atoms with E-state index in [1.165, 1.54) is 13.7 Å². The third kappa shape index (κ3) is 15.9. The molecule has 28 heteroatoms. The van der Waals surface area contributed by atoms with Gasteiger partial charge in [-0.15, -0.1) is 0 Å². The first-order valence-electron chi connectivity index (χ1n) is 32.3. The number of benzene rings is 6. The van der Waals surface area contributed by atoms with E-state index in [2.05, 4.69) is 0 Å². The highest BCUT2D eigenvalue weighted by molar-refractivity contribution is 6.42. The van der Waals surface area contributed by atoms with Crippen LogP contribution in [0.1, 0.15) is 82.9 Å². The van der Waals surface area contributed by atoms with Crippen molar-refractivity contribution in [1.29, 1.82) is 0 Å². The molecule has 0 spiro atoms. The molecule has 6 aromatic carbocycles. The molecule has 3 aromatic heterocycles. The number of methoxy groups -OCH3 is 1. The van der Waals surface area contributed by atoms with E-state index in [9.17, 15) is 43.2 Å². The highest BCUT2D eigenvalue weighted by Gasteiger charge is 2.34. The summed E-state index contributed by atoms with van der Waals surface area (Å²) in [5, 5.41) is 4.78. The second-order valence-corrected chi connectivity index (χ2v) is 26.2. The maximum absolute atomic E-state index is 13.2. The number of rotatable bonds is 13. The van der Waals surface area contributed by atoms with E-state index in [-0.39, 0.29) is 54.2 Å². The number of hydrogen-bond donors (Lipinski definition) is 0. The molecule has 12 rings (SSSR count). The van der Waals surface area contributed by atoms with Crippen molar-refractivity contribution in [3.8, 4) is 5.75 Å². The van der Waals surface area contributed by atoms with Gasteiger partial charge in [-0.3, -0.25) is 28.8 Å². The zero-order valence-corrected chi connectivity index (χ0v) is 60.8. The minimum Gasteiger partial charge on any atom is -0.497 e. The second kappa shape index (κ2) is 32.6. The fourth-order valence-corrected chi connectivity index (χ4v) is 13.5. The number of carbonyl (C=O) groups excluding carboxylic acids is 6. The fraction of sp³-hybridized carbons (Fsp3) is 0.301. The third-order valence-corrected chi connectivity index (χ3v) is 19.4. The van der Waals surface area contributed by atoms with Gasteiger partial charge in [-0.1, -0.05) is 69.6 Å². The van der Waals surface area contributed by atoms with Gasteiger partial charge in [0.2, 0.25) is 0 Å². The predicted octanol–water partition coefficient (Wildman–Crippen LogP) is 12.0. The summed E-state index contributed by atoms with van der Waals surface area (Å²) < 4.78 is 25.1. The normalized spacial score (nSPS) is 13.9. The van der Waals surface area contributed by atoms with Crippen LogP contribution in [-0.4, -0.2) is 169 Å². The van der Waals surface area contributed by atoms with Crippen LogP contribution in [0.15, 0.2) is 136 Å². The number of ether oxygens (including phenoxy) is 4. The van der Waals surface area contributed by atoms with E-state index >= 15 is 0 Å². The monoisotopic (exact) mass is 1490 g/mol. The number of halogens is 6. The van der Waals surface area contributed by atoms with Gasteiger partial charge in [0.05, 0.1) is 70.6 Å². The van der Waals surface area contributed by atoms with E-state index in [4.69, 9.17) is 88.6 Å². The zero-order chi connectivity index (χ0) is 72.7. The fourth-order valence-electron chi connectivity index (χ4n) is 12.6. The molecule has 101 heavy (non-hydrogen) atoms. The van der Waals surface area contributed by atoms with Crippen LogP contribution in [0.4, 0.5) is 17.1 Å². The number of amides is 3. The van der Waals surface area contributed by atoms with Gasteiger partial charge < -0.3 is 62.0 Å². The molecule has 528 valence electrons. The minimum absolute atomic E-state index is 0.0194. The number of carbonyl (C=O) groups is 6. The lowest BCUT2D eigenvalue weighted by molar-refractivity contribution is 0.0514. The van der Waals surface area contributed by atoms with Crippen molar-refractivity contribution in [1.82, 2.24) is 28.4 Å². The summed E-state index contributed by atoms with van der Waals surface area (Å²) in [6.07, 6.45) is 0. The van der Waals surface area contributed by atoms with Crippen LogP contribution in [0.2, 0.25) is 30.1 Å². The molecule has 0 bridgehead atoms. The summed E-state index contributed by atoms with van der Waals surface area (Å²) in [5.41, 5.74) is 3.62. The van der Waals surface area contributed by atoms with Crippen LogP contribution >= 0.6 is 69.6 Å². The number of piperazine rings is 3. The molecule has 0 N–H and O–H groups in total. The van der Waals surface area contributed by atoms with Crippen LogP contribution in [0.25, 0.3) is 32.7 Å². The molecular formula is C73H71Cl6N9O13. The van der Waals surface area contributed by atoms with Gasteiger partial charge >= 0.3 is 17.9 Å². The maximum Gasteiger partial charge on any atom is 0.345 e. The van der Waals surface area contributed by atoms with Gasteiger partial charge in [0, 0.05) is 153 Å². The van der Waals surface area contributed by atoms with Crippen LogP contribution in [-0.2, 0) is 35.4 Å². The minimum atomic E-state index is -0.686. The molecule has 0 unspecified atom stereocenters. The van der Waals surface area contributed by atoms with Crippen LogP contribution in [0.3, 0.4) is 0 Å². The Hall–Kier alpha value is -9.29. The van der Waals surface area contributed by atoms with E-state index in [0.29, 0.717) is 181 Å². The Morgan fingerprint density at radius 2 is 0.644 bits per heavy atom. The lowest BCUT2D eigenvalue weighted by atomic mass is 10.1. The van der Waals surface area contributed by atoms with Crippen molar-refractivity contribution >= 4 is 155 Å². The second-order valence-electron chi connectivity index (χ2n) is 23.6. The molecule has 3 aliphatic rings. The summed E-state index contributed by atoms with van der Waals surface area (Å²) in [5.74, 6) is -1.68. The topological polar surface area (TPSA) is 225 Å². The molecule has 0 saturated carbocycles. The maximum atomic E-state index is 13.2. The molecule has 0 aliphatic carbocycles. The van der Waals surface area contributed by atoms with E-state index < -0.39 is 34.6 Å². The SMILES string of the molecule is CCOC(=O)c1c(N2CCN(C(=O)c3ccc(Cl)c(Cl)c3)CC2)c2cc(Cl)ccc2n(C)c1=O.CCOC(=O)c1c(N2CCN(C(=O)c3ccc(Cl)cc3)CC2)c2cc(Cl)ccc2n(C)c1=O.CCOC(=O)c1c(N2CCN(C(=O)c3ccc(OC)cc3)CC2)c2cc(Cl)ccc2n(C)c1=O. The Kier molecular flexibility index (Phi) is 24.0. The zero-order valence-electron chi connectivity index (χ0n) is 56.3. The van der Waals surface area contributed by atoms with Crippen LogP contribution in [0, 0.1) is 0 Å². The van der Waals surface area contributed by atoms with Crippen LogP contribution < -0.4 is 36.1 Å².